The highest BCUT2D eigenvalue weighted by Gasteiger charge is 2.06. The first kappa shape index (κ1) is 32.7. The molecule has 0 bridgehead atoms. The Morgan fingerprint density at radius 3 is 2.03 bits per heavy atom. The minimum atomic E-state index is 0.0740. The van der Waals surface area contributed by atoms with Gasteiger partial charge < -0.3 is 18.9 Å². The van der Waals surface area contributed by atoms with Crippen LogP contribution in [0.3, 0.4) is 0 Å². The van der Waals surface area contributed by atoms with Crippen molar-refractivity contribution in [1.82, 2.24) is 15.0 Å². The molecule has 0 saturated carbocycles. The molecule has 0 spiro atoms. The van der Waals surface area contributed by atoms with E-state index in [1.54, 1.807) is 0 Å². The molecule has 8 nitrogen and oxygen atoms in total. The molecule has 0 fully saturated rings. The van der Waals surface area contributed by atoms with Crippen LogP contribution in [0, 0.1) is 11.8 Å². The number of rotatable bonds is 26. The van der Waals surface area contributed by atoms with Gasteiger partial charge in [-0.25, -0.2) is 4.68 Å². The Bertz CT molecular complexity index is 638. The maximum Gasteiger partial charge on any atom is 0.137 e. The fourth-order valence-electron chi connectivity index (χ4n) is 3.91. The zero-order valence-electron chi connectivity index (χ0n) is 23.5. The third kappa shape index (κ3) is 18.9. The number of aryl methyl sites for hydroxylation is 1. The fourth-order valence-corrected chi connectivity index (χ4v) is 3.91. The van der Waals surface area contributed by atoms with Crippen LogP contribution < -0.4 is 0 Å². The highest BCUT2D eigenvalue weighted by molar-refractivity contribution is 5.80. The normalized spacial score (nSPS) is 12.5. The number of ketones is 1. The lowest BCUT2D eigenvalue weighted by atomic mass is 9.98. The van der Waals surface area contributed by atoms with Gasteiger partial charge in [-0.05, 0) is 18.8 Å². The number of ether oxygens (including phenoxy) is 4. The molecule has 8 heteroatoms. The monoisotopic (exact) mass is 511 g/mol. The number of aromatic nitrogens is 3. The van der Waals surface area contributed by atoms with E-state index in [9.17, 15) is 4.79 Å². The second-order valence-electron chi connectivity index (χ2n) is 9.99. The third-order valence-corrected chi connectivity index (χ3v) is 6.21. The van der Waals surface area contributed by atoms with Crippen molar-refractivity contribution in [2.45, 2.75) is 98.4 Å². The minimum absolute atomic E-state index is 0.0740. The van der Waals surface area contributed by atoms with Crippen LogP contribution in [0.2, 0.25) is 0 Å². The average molecular weight is 512 g/mol. The summed E-state index contributed by atoms with van der Waals surface area (Å²) in [6, 6.07) is 0. The number of unbranched alkanes of at least 4 members (excludes halogenated alkanes) is 4. The van der Waals surface area contributed by atoms with Gasteiger partial charge in [0.05, 0.1) is 65.1 Å². The zero-order valence-corrected chi connectivity index (χ0v) is 23.5. The second-order valence-corrected chi connectivity index (χ2v) is 9.99. The van der Waals surface area contributed by atoms with Crippen molar-refractivity contribution in [3.8, 4) is 0 Å². The first-order valence-corrected chi connectivity index (χ1v) is 14.3. The van der Waals surface area contributed by atoms with Gasteiger partial charge in [0.25, 0.3) is 0 Å². The van der Waals surface area contributed by atoms with Crippen LogP contribution in [0.15, 0.2) is 6.20 Å². The Kier molecular flexibility index (Phi) is 20.7. The van der Waals surface area contributed by atoms with Crippen molar-refractivity contribution in [2.75, 3.05) is 52.9 Å². The lowest BCUT2D eigenvalue weighted by Crippen LogP contribution is -2.14. The summed E-state index contributed by atoms with van der Waals surface area (Å²) in [7, 11) is 0. The molecule has 1 aromatic rings. The van der Waals surface area contributed by atoms with Gasteiger partial charge >= 0.3 is 0 Å². The van der Waals surface area contributed by atoms with E-state index in [4.69, 9.17) is 18.9 Å². The van der Waals surface area contributed by atoms with Crippen molar-refractivity contribution in [1.29, 1.82) is 0 Å². The summed E-state index contributed by atoms with van der Waals surface area (Å²) in [6.45, 7) is 13.4. The lowest BCUT2D eigenvalue weighted by Gasteiger charge is -2.08. The van der Waals surface area contributed by atoms with Gasteiger partial charge in [-0.15, -0.1) is 5.10 Å². The van der Waals surface area contributed by atoms with Crippen molar-refractivity contribution in [2.24, 2.45) is 11.8 Å². The molecular formula is C28H53N3O5. The van der Waals surface area contributed by atoms with Gasteiger partial charge in [-0.1, -0.05) is 77.9 Å². The number of carbonyl (C=O) groups is 1. The molecular weight excluding hydrogens is 458 g/mol. The van der Waals surface area contributed by atoms with E-state index in [0.29, 0.717) is 65.8 Å². The molecule has 0 N–H and O–H groups in total. The van der Waals surface area contributed by atoms with Gasteiger partial charge in [0.1, 0.15) is 5.78 Å². The maximum atomic E-state index is 11.5. The molecule has 0 radical (unpaired) electrons. The van der Waals surface area contributed by atoms with Gasteiger partial charge in [0.2, 0.25) is 0 Å². The summed E-state index contributed by atoms with van der Waals surface area (Å²) in [6.07, 6.45) is 14.1. The Hall–Kier alpha value is -1.35. The molecule has 0 aromatic carbocycles. The van der Waals surface area contributed by atoms with Crippen molar-refractivity contribution in [3.05, 3.63) is 11.9 Å². The molecule has 0 saturated heterocycles. The smallest absolute Gasteiger partial charge is 0.137 e. The van der Waals surface area contributed by atoms with Crippen LogP contribution in [0.25, 0.3) is 0 Å². The fraction of sp³-hybridized carbons (Fsp3) is 0.893. The van der Waals surface area contributed by atoms with Gasteiger partial charge in [0, 0.05) is 18.5 Å². The van der Waals surface area contributed by atoms with E-state index in [-0.39, 0.29) is 11.7 Å². The van der Waals surface area contributed by atoms with E-state index in [1.807, 2.05) is 24.7 Å². The maximum absolute atomic E-state index is 11.5. The van der Waals surface area contributed by atoms with E-state index in [2.05, 4.69) is 24.2 Å². The predicted octanol–water partition coefficient (Wildman–Crippen LogP) is 5.28. The van der Waals surface area contributed by atoms with E-state index < -0.39 is 0 Å². The van der Waals surface area contributed by atoms with Crippen LogP contribution in [-0.4, -0.2) is 73.6 Å². The molecule has 1 aromatic heterocycles. The summed E-state index contributed by atoms with van der Waals surface area (Å²) < 4.78 is 23.8. The highest BCUT2D eigenvalue weighted by Crippen LogP contribution is 2.16. The number of hydrogen-bond acceptors (Lipinski definition) is 7. The second kappa shape index (κ2) is 22.8. The van der Waals surface area contributed by atoms with Gasteiger partial charge in [0.15, 0.2) is 0 Å². The standard InChI is InChI=1S/C28H53N3O5/c1-5-11-26(4)12-9-7-6-8-10-13-27-24-31(30-29-27)15-17-34-19-21-36-23-22-35-20-18-33-16-14-28(32)25(2)3/h24-26H,5-23H2,1-4H3. The van der Waals surface area contributed by atoms with Crippen LogP contribution in [0.1, 0.15) is 91.2 Å². The summed E-state index contributed by atoms with van der Waals surface area (Å²) in [4.78, 5) is 11.5. The molecule has 1 atom stereocenters. The molecule has 1 unspecified atom stereocenters. The van der Waals surface area contributed by atoms with Crippen LogP contribution >= 0.6 is 0 Å². The highest BCUT2D eigenvalue weighted by atomic mass is 16.6. The molecule has 36 heavy (non-hydrogen) atoms. The molecule has 1 rings (SSSR count). The Labute approximate surface area is 219 Å². The third-order valence-electron chi connectivity index (χ3n) is 6.21. The summed E-state index contributed by atoms with van der Waals surface area (Å²) in [5.74, 6) is 1.19. The van der Waals surface area contributed by atoms with Crippen LogP contribution in [0.4, 0.5) is 0 Å². The summed E-state index contributed by atoms with van der Waals surface area (Å²) in [5, 5.41) is 8.49. The quantitative estimate of drug-likeness (QED) is 0.156. The van der Waals surface area contributed by atoms with Crippen molar-refractivity contribution in [3.63, 3.8) is 0 Å². The summed E-state index contributed by atoms with van der Waals surface area (Å²) in [5.41, 5.74) is 1.07. The lowest BCUT2D eigenvalue weighted by molar-refractivity contribution is -0.123. The number of hydrogen-bond donors (Lipinski definition) is 0. The van der Waals surface area contributed by atoms with Crippen molar-refractivity contribution >= 4 is 5.78 Å². The molecule has 0 aliphatic rings. The topological polar surface area (TPSA) is 84.7 Å². The Balaban J connectivity index is 1.85. The Morgan fingerprint density at radius 1 is 0.806 bits per heavy atom. The van der Waals surface area contributed by atoms with E-state index in [0.717, 1.165) is 18.0 Å². The van der Waals surface area contributed by atoms with Gasteiger partial charge in [-0.3, -0.25) is 4.79 Å². The molecule has 0 aliphatic heterocycles. The zero-order chi connectivity index (χ0) is 26.3. The van der Waals surface area contributed by atoms with Crippen LogP contribution in [0.5, 0.6) is 0 Å². The average Bonchev–Trinajstić information content (AvgIpc) is 3.31. The minimum Gasteiger partial charge on any atom is -0.379 e. The first-order valence-electron chi connectivity index (χ1n) is 14.3. The molecule has 210 valence electrons. The van der Waals surface area contributed by atoms with E-state index in [1.165, 1.54) is 51.4 Å². The molecule has 0 aliphatic carbocycles. The Morgan fingerprint density at radius 2 is 1.39 bits per heavy atom. The van der Waals surface area contributed by atoms with Gasteiger partial charge in [-0.2, -0.15) is 0 Å². The molecule has 0 amide bonds. The first-order chi connectivity index (χ1) is 17.5. The predicted molar refractivity (Wildman–Crippen MR) is 143 cm³/mol. The SMILES string of the molecule is CCCC(C)CCCCCCCc1cn(CCOCCOCCOCCOCCC(=O)C(C)C)nn1. The number of nitrogens with zero attached hydrogens (tertiary/aromatic N) is 3. The van der Waals surface area contributed by atoms with Crippen LogP contribution in [-0.2, 0) is 36.7 Å². The van der Waals surface area contributed by atoms with Crippen molar-refractivity contribution < 1.29 is 23.7 Å². The largest absolute Gasteiger partial charge is 0.379 e. The number of carbonyl (C=O) groups excluding carboxylic acids is 1. The van der Waals surface area contributed by atoms with E-state index >= 15 is 0 Å². The number of Topliss-reactive ketones (excluding diaryl/α,β-unsaturated/α-hetero) is 1. The molecule has 1 heterocycles. The summed E-state index contributed by atoms with van der Waals surface area (Å²) >= 11 is 0.